The van der Waals surface area contributed by atoms with Gasteiger partial charge in [-0.25, -0.2) is 0 Å². The molecule has 0 bridgehead atoms. The minimum atomic E-state index is 0.472. The van der Waals surface area contributed by atoms with E-state index in [0.29, 0.717) is 12.1 Å². The second-order valence-electron chi connectivity index (χ2n) is 5.85. The standard InChI is InChI=1S/C21H23N/c1-3-8-18(9-4-1)14-16-20-12-7-13-21(22-20)17-15-19-10-5-2-6-11-19/h1-6,8-11,14-17,20-22H,7,12-13H2/b16-14+,17-15+/t20-,21+. The quantitative estimate of drug-likeness (QED) is 0.842. The van der Waals surface area contributed by atoms with Gasteiger partial charge < -0.3 is 5.32 Å². The molecule has 1 aliphatic heterocycles. The van der Waals surface area contributed by atoms with E-state index < -0.39 is 0 Å². The number of benzene rings is 2. The lowest BCUT2D eigenvalue weighted by atomic mass is 9.97. The maximum absolute atomic E-state index is 3.72. The van der Waals surface area contributed by atoms with Gasteiger partial charge in [0, 0.05) is 12.1 Å². The molecule has 2 aromatic carbocycles. The van der Waals surface area contributed by atoms with Crippen molar-refractivity contribution in [3.05, 3.63) is 83.9 Å². The predicted octanol–water partition coefficient (Wildman–Crippen LogP) is 4.92. The molecule has 0 aliphatic carbocycles. The first-order valence-corrected chi connectivity index (χ1v) is 8.13. The molecule has 1 heteroatoms. The fraction of sp³-hybridized carbons (Fsp3) is 0.238. The van der Waals surface area contributed by atoms with E-state index in [1.165, 1.54) is 30.4 Å². The third-order valence-electron chi connectivity index (χ3n) is 4.10. The summed E-state index contributed by atoms with van der Waals surface area (Å²) in [6.45, 7) is 0. The van der Waals surface area contributed by atoms with Crippen molar-refractivity contribution in [2.75, 3.05) is 0 Å². The third kappa shape index (κ3) is 4.44. The molecule has 1 saturated heterocycles. The Bertz CT molecular complexity index is 557. The number of hydrogen-bond acceptors (Lipinski definition) is 1. The second-order valence-corrected chi connectivity index (χ2v) is 5.85. The molecular formula is C21H23N. The van der Waals surface area contributed by atoms with Gasteiger partial charge in [-0.15, -0.1) is 0 Å². The Morgan fingerprint density at radius 1 is 0.682 bits per heavy atom. The summed E-state index contributed by atoms with van der Waals surface area (Å²) >= 11 is 0. The van der Waals surface area contributed by atoms with E-state index in [4.69, 9.17) is 0 Å². The summed E-state index contributed by atoms with van der Waals surface area (Å²) in [5, 5.41) is 3.72. The van der Waals surface area contributed by atoms with Crippen molar-refractivity contribution in [1.29, 1.82) is 0 Å². The summed E-state index contributed by atoms with van der Waals surface area (Å²) in [5.41, 5.74) is 2.54. The van der Waals surface area contributed by atoms with Crippen LogP contribution in [0.2, 0.25) is 0 Å². The molecule has 0 aromatic heterocycles. The zero-order valence-electron chi connectivity index (χ0n) is 12.9. The predicted molar refractivity (Wildman–Crippen MR) is 95.5 cm³/mol. The van der Waals surface area contributed by atoms with Gasteiger partial charge in [0.1, 0.15) is 0 Å². The van der Waals surface area contributed by atoms with Crippen molar-refractivity contribution in [3.8, 4) is 0 Å². The number of piperidine rings is 1. The zero-order valence-corrected chi connectivity index (χ0v) is 12.9. The highest BCUT2D eigenvalue weighted by Gasteiger charge is 2.16. The van der Waals surface area contributed by atoms with Crippen LogP contribution in [0.25, 0.3) is 12.2 Å². The number of hydrogen-bond donors (Lipinski definition) is 1. The van der Waals surface area contributed by atoms with Crippen LogP contribution in [0.1, 0.15) is 30.4 Å². The van der Waals surface area contributed by atoms with Crippen molar-refractivity contribution in [1.82, 2.24) is 5.32 Å². The lowest BCUT2D eigenvalue weighted by Crippen LogP contribution is -2.39. The molecule has 1 heterocycles. The molecule has 0 saturated carbocycles. The summed E-state index contributed by atoms with van der Waals surface area (Å²) in [4.78, 5) is 0. The number of rotatable bonds is 4. The molecule has 1 aliphatic rings. The highest BCUT2D eigenvalue weighted by Crippen LogP contribution is 2.16. The minimum Gasteiger partial charge on any atom is -0.304 e. The van der Waals surface area contributed by atoms with Crippen molar-refractivity contribution in [2.45, 2.75) is 31.3 Å². The average Bonchev–Trinajstić information content (AvgIpc) is 2.60. The fourth-order valence-corrected chi connectivity index (χ4v) is 2.89. The molecule has 0 radical (unpaired) electrons. The zero-order chi connectivity index (χ0) is 15.0. The molecule has 0 unspecified atom stereocenters. The van der Waals surface area contributed by atoms with Crippen LogP contribution >= 0.6 is 0 Å². The first kappa shape index (κ1) is 14.8. The van der Waals surface area contributed by atoms with Crippen LogP contribution in [0.15, 0.2) is 72.8 Å². The van der Waals surface area contributed by atoms with Crippen LogP contribution in [-0.2, 0) is 0 Å². The summed E-state index contributed by atoms with van der Waals surface area (Å²) in [6, 6.07) is 22.0. The first-order valence-electron chi connectivity index (χ1n) is 8.13. The van der Waals surface area contributed by atoms with E-state index in [1.54, 1.807) is 0 Å². The van der Waals surface area contributed by atoms with E-state index in [2.05, 4.69) is 90.3 Å². The van der Waals surface area contributed by atoms with Gasteiger partial charge in [-0.2, -0.15) is 0 Å². The Kier molecular flexibility index (Phi) is 5.22. The van der Waals surface area contributed by atoms with Gasteiger partial charge in [0.25, 0.3) is 0 Å². The SMILES string of the molecule is C(=C\[C@@H]1CCC[C@H](/C=C/c2ccccc2)N1)/c1ccccc1. The average molecular weight is 289 g/mol. The smallest absolute Gasteiger partial charge is 0.0258 e. The highest BCUT2D eigenvalue weighted by atomic mass is 15.0. The second kappa shape index (κ2) is 7.77. The van der Waals surface area contributed by atoms with E-state index in [-0.39, 0.29) is 0 Å². The topological polar surface area (TPSA) is 12.0 Å². The van der Waals surface area contributed by atoms with Gasteiger partial charge in [0.2, 0.25) is 0 Å². The molecule has 2 aromatic rings. The monoisotopic (exact) mass is 289 g/mol. The third-order valence-corrected chi connectivity index (χ3v) is 4.10. The highest BCUT2D eigenvalue weighted by molar-refractivity contribution is 5.51. The Labute approximate surface area is 133 Å². The maximum atomic E-state index is 3.72. The summed E-state index contributed by atoms with van der Waals surface area (Å²) in [5.74, 6) is 0. The van der Waals surface area contributed by atoms with Gasteiger partial charge >= 0.3 is 0 Å². The van der Waals surface area contributed by atoms with Crippen molar-refractivity contribution in [3.63, 3.8) is 0 Å². The van der Waals surface area contributed by atoms with Gasteiger partial charge in [-0.1, -0.05) is 85.0 Å². The molecule has 0 spiro atoms. The van der Waals surface area contributed by atoms with Gasteiger partial charge in [0.05, 0.1) is 0 Å². The van der Waals surface area contributed by atoms with Crippen LogP contribution in [0.5, 0.6) is 0 Å². The minimum absolute atomic E-state index is 0.472. The Morgan fingerprint density at radius 2 is 1.14 bits per heavy atom. The van der Waals surface area contributed by atoms with E-state index in [0.717, 1.165) is 0 Å². The molecule has 0 amide bonds. The normalized spacial score (nSPS) is 22.4. The largest absolute Gasteiger partial charge is 0.304 e. The molecule has 1 nitrogen and oxygen atoms in total. The van der Waals surface area contributed by atoms with Gasteiger partial charge in [-0.3, -0.25) is 0 Å². The maximum Gasteiger partial charge on any atom is 0.0258 e. The molecule has 2 atom stereocenters. The lowest BCUT2D eigenvalue weighted by molar-refractivity contribution is 0.401. The van der Waals surface area contributed by atoms with Gasteiger partial charge in [0.15, 0.2) is 0 Å². The van der Waals surface area contributed by atoms with Crippen LogP contribution in [0.4, 0.5) is 0 Å². The van der Waals surface area contributed by atoms with Gasteiger partial charge in [-0.05, 0) is 30.4 Å². The molecule has 112 valence electrons. The molecular weight excluding hydrogens is 266 g/mol. The fourth-order valence-electron chi connectivity index (χ4n) is 2.89. The Morgan fingerprint density at radius 3 is 1.59 bits per heavy atom. The molecule has 1 N–H and O–H groups in total. The van der Waals surface area contributed by atoms with Crippen LogP contribution in [0, 0.1) is 0 Å². The summed E-state index contributed by atoms with van der Waals surface area (Å²) < 4.78 is 0. The van der Waals surface area contributed by atoms with E-state index in [1.807, 2.05) is 0 Å². The van der Waals surface area contributed by atoms with Crippen LogP contribution < -0.4 is 5.32 Å². The number of nitrogens with one attached hydrogen (secondary N) is 1. The van der Waals surface area contributed by atoms with E-state index >= 15 is 0 Å². The van der Waals surface area contributed by atoms with E-state index in [9.17, 15) is 0 Å². The van der Waals surface area contributed by atoms with Crippen LogP contribution in [0.3, 0.4) is 0 Å². The Hall–Kier alpha value is -2.12. The van der Waals surface area contributed by atoms with Crippen LogP contribution in [-0.4, -0.2) is 12.1 Å². The van der Waals surface area contributed by atoms with Crippen molar-refractivity contribution < 1.29 is 0 Å². The molecule has 22 heavy (non-hydrogen) atoms. The molecule has 1 fully saturated rings. The lowest BCUT2D eigenvalue weighted by Gasteiger charge is -2.27. The summed E-state index contributed by atoms with van der Waals surface area (Å²) in [7, 11) is 0. The van der Waals surface area contributed by atoms with Crippen molar-refractivity contribution >= 4 is 12.2 Å². The van der Waals surface area contributed by atoms with Crippen molar-refractivity contribution in [2.24, 2.45) is 0 Å². The first-order chi connectivity index (χ1) is 10.9. The summed E-state index contributed by atoms with van der Waals surface area (Å²) in [6.07, 6.45) is 12.8. The Balaban J connectivity index is 1.57. The molecule has 3 rings (SSSR count).